The van der Waals surface area contributed by atoms with Gasteiger partial charge in [0.1, 0.15) is 11.4 Å². The second kappa shape index (κ2) is 7.21. The number of alkyl carbamates (subject to hydrolysis) is 1. The van der Waals surface area contributed by atoms with E-state index in [2.05, 4.69) is 23.6 Å². The molecule has 1 aromatic carbocycles. The highest BCUT2D eigenvalue weighted by Gasteiger charge is 2.40. The molecule has 1 aliphatic rings. The molecule has 23 heavy (non-hydrogen) atoms. The zero-order valence-corrected chi connectivity index (χ0v) is 14.7. The maximum atomic E-state index is 11.8. The van der Waals surface area contributed by atoms with Crippen LogP contribution in [0.1, 0.15) is 52.6 Å². The normalized spacial score (nSPS) is 21.4. The molecule has 2 N–H and O–H groups in total. The van der Waals surface area contributed by atoms with E-state index in [1.54, 1.807) is 0 Å². The van der Waals surface area contributed by atoms with E-state index >= 15 is 0 Å². The van der Waals surface area contributed by atoms with E-state index in [0.717, 1.165) is 17.7 Å². The molecule has 1 amide bonds. The minimum absolute atomic E-state index is 0.131. The van der Waals surface area contributed by atoms with Gasteiger partial charge in [0.15, 0.2) is 0 Å². The molecule has 1 aliphatic carbocycles. The average Bonchev–Trinajstić information content (AvgIpc) is 3.14. The minimum Gasteiger partial charge on any atom is -0.494 e. The second-order valence-electron chi connectivity index (χ2n) is 6.95. The molecule has 0 spiro atoms. The van der Waals surface area contributed by atoms with Crippen molar-refractivity contribution in [3.8, 4) is 5.75 Å². The number of para-hydroxylation sites is 1. The topological polar surface area (TPSA) is 59.6 Å². The molecular weight excluding hydrogens is 292 g/mol. The Labute approximate surface area is 138 Å². The van der Waals surface area contributed by atoms with Gasteiger partial charge in [-0.1, -0.05) is 18.2 Å². The molecule has 2 rings (SSSR count). The predicted octanol–water partition coefficient (Wildman–Crippen LogP) is 3.40. The van der Waals surface area contributed by atoms with Gasteiger partial charge in [-0.05, 0) is 47.1 Å². The lowest BCUT2D eigenvalue weighted by molar-refractivity contribution is 0.0522. The van der Waals surface area contributed by atoms with Crippen LogP contribution in [0.3, 0.4) is 0 Å². The molecule has 0 heterocycles. The van der Waals surface area contributed by atoms with E-state index in [1.807, 2.05) is 45.9 Å². The SMILES string of the molecule is CCOc1ccccc1C(C)NC1CC1NC(=O)OC(C)(C)C. The molecule has 3 unspecified atom stereocenters. The third kappa shape index (κ3) is 5.43. The Hall–Kier alpha value is -1.75. The van der Waals surface area contributed by atoms with E-state index in [1.165, 1.54) is 0 Å². The third-order valence-corrected chi connectivity index (χ3v) is 3.64. The zero-order chi connectivity index (χ0) is 17.0. The van der Waals surface area contributed by atoms with Gasteiger partial charge in [-0.15, -0.1) is 0 Å². The highest BCUT2D eigenvalue weighted by atomic mass is 16.6. The van der Waals surface area contributed by atoms with Crippen molar-refractivity contribution in [2.75, 3.05) is 6.61 Å². The van der Waals surface area contributed by atoms with Crippen LogP contribution in [-0.4, -0.2) is 30.4 Å². The summed E-state index contributed by atoms with van der Waals surface area (Å²) < 4.78 is 11.0. The molecule has 0 aliphatic heterocycles. The number of hydrogen-bond acceptors (Lipinski definition) is 4. The Kier molecular flexibility index (Phi) is 5.52. The largest absolute Gasteiger partial charge is 0.494 e. The van der Waals surface area contributed by atoms with Gasteiger partial charge in [-0.3, -0.25) is 0 Å². The molecule has 0 bridgehead atoms. The van der Waals surface area contributed by atoms with E-state index in [4.69, 9.17) is 9.47 Å². The van der Waals surface area contributed by atoms with Crippen LogP contribution in [0.2, 0.25) is 0 Å². The van der Waals surface area contributed by atoms with Crippen LogP contribution in [0.15, 0.2) is 24.3 Å². The molecule has 0 aromatic heterocycles. The van der Waals surface area contributed by atoms with Crippen LogP contribution in [0.25, 0.3) is 0 Å². The summed E-state index contributed by atoms with van der Waals surface area (Å²) in [6.45, 7) is 10.3. The Morgan fingerprint density at radius 1 is 1.30 bits per heavy atom. The van der Waals surface area contributed by atoms with E-state index < -0.39 is 5.60 Å². The third-order valence-electron chi connectivity index (χ3n) is 3.64. The maximum Gasteiger partial charge on any atom is 0.407 e. The number of hydrogen-bond donors (Lipinski definition) is 2. The molecule has 0 radical (unpaired) electrons. The fourth-order valence-corrected chi connectivity index (χ4v) is 2.53. The monoisotopic (exact) mass is 320 g/mol. The summed E-state index contributed by atoms with van der Waals surface area (Å²) in [7, 11) is 0. The Morgan fingerprint density at radius 3 is 2.65 bits per heavy atom. The number of carbonyl (C=O) groups is 1. The molecule has 3 atom stereocenters. The number of ether oxygens (including phenoxy) is 2. The Balaban J connectivity index is 1.84. The fourth-order valence-electron chi connectivity index (χ4n) is 2.53. The van der Waals surface area contributed by atoms with Gasteiger partial charge in [0.25, 0.3) is 0 Å². The first kappa shape index (κ1) is 17.6. The molecule has 0 saturated heterocycles. The number of amides is 1. The zero-order valence-electron chi connectivity index (χ0n) is 14.7. The highest BCUT2D eigenvalue weighted by molar-refractivity contribution is 5.68. The van der Waals surface area contributed by atoms with E-state index in [0.29, 0.717) is 6.61 Å². The first-order valence-corrected chi connectivity index (χ1v) is 8.27. The van der Waals surface area contributed by atoms with Crippen LogP contribution in [-0.2, 0) is 4.74 Å². The first-order valence-electron chi connectivity index (χ1n) is 8.27. The lowest BCUT2D eigenvalue weighted by atomic mass is 10.1. The van der Waals surface area contributed by atoms with Crippen molar-refractivity contribution in [2.45, 2.75) is 64.8 Å². The van der Waals surface area contributed by atoms with E-state index in [-0.39, 0.29) is 24.2 Å². The molecule has 1 fully saturated rings. The standard InChI is InChI=1S/C18H28N2O3/c1-6-22-16-10-8-7-9-13(16)12(2)19-14-11-15(14)20-17(21)23-18(3,4)5/h7-10,12,14-15,19H,6,11H2,1-5H3,(H,20,21). The number of benzene rings is 1. The Bertz CT molecular complexity index is 539. The second-order valence-corrected chi connectivity index (χ2v) is 6.95. The average molecular weight is 320 g/mol. The van der Waals surface area contributed by atoms with Gasteiger partial charge in [0, 0.05) is 23.7 Å². The molecular formula is C18H28N2O3. The lowest BCUT2D eigenvalue weighted by Crippen LogP contribution is -2.37. The molecule has 128 valence electrons. The molecule has 5 heteroatoms. The summed E-state index contributed by atoms with van der Waals surface area (Å²) in [6.07, 6.45) is 0.564. The Morgan fingerprint density at radius 2 is 2.00 bits per heavy atom. The van der Waals surface area contributed by atoms with Gasteiger partial charge in [0.2, 0.25) is 0 Å². The number of nitrogens with one attached hydrogen (secondary N) is 2. The highest BCUT2D eigenvalue weighted by Crippen LogP contribution is 2.29. The summed E-state index contributed by atoms with van der Waals surface area (Å²) >= 11 is 0. The van der Waals surface area contributed by atoms with Crippen LogP contribution in [0, 0.1) is 0 Å². The predicted molar refractivity (Wildman–Crippen MR) is 90.7 cm³/mol. The van der Waals surface area contributed by atoms with Gasteiger partial charge in [-0.25, -0.2) is 4.79 Å². The van der Waals surface area contributed by atoms with Crippen LogP contribution < -0.4 is 15.4 Å². The van der Waals surface area contributed by atoms with Crippen molar-refractivity contribution >= 4 is 6.09 Å². The number of carbonyl (C=O) groups excluding carboxylic acids is 1. The van der Waals surface area contributed by atoms with Crippen molar-refractivity contribution in [1.82, 2.24) is 10.6 Å². The minimum atomic E-state index is -0.467. The molecule has 1 aromatic rings. The fraction of sp³-hybridized carbons (Fsp3) is 0.611. The van der Waals surface area contributed by atoms with Crippen LogP contribution in [0.4, 0.5) is 4.79 Å². The van der Waals surface area contributed by atoms with Crippen LogP contribution >= 0.6 is 0 Å². The summed E-state index contributed by atoms with van der Waals surface area (Å²) in [4.78, 5) is 11.8. The van der Waals surface area contributed by atoms with Crippen LogP contribution in [0.5, 0.6) is 5.75 Å². The molecule has 5 nitrogen and oxygen atoms in total. The van der Waals surface area contributed by atoms with Crippen molar-refractivity contribution in [1.29, 1.82) is 0 Å². The van der Waals surface area contributed by atoms with Gasteiger partial charge < -0.3 is 20.1 Å². The van der Waals surface area contributed by atoms with Crippen molar-refractivity contribution in [2.24, 2.45) is 0 Å². The van der Waals surface area contributed by atoms with E-state index in [9.17, 15) is 4.79 Å². The maximum absolute atomic E-state index is 11.8. The molecule has 1 saturated carbocycles. The van der Waals surface area contributed by atoms with Crippen molar-refractivity contribution < 1.29 is 14.3 Å². The summed E-state index contributed by atoms with van der Waals surface area (Å²) in [5.74, 6) is 0.910. The van der Waals surface area contributed by atoms with Gasteiger partial charge in [0.05, 0.1) is 6.61 Å². The number of rotatable bonds is 6. The van der Waals surface area contributed by atoms with Crippen molar-refractivity contribution in [3.05, 3.63) is 29.8 Å². The smallest absolute Gasteiger partial charge is 0.407 e. The van der Waals surface area contributed by atoms with Gasteiger partial charge in [-0.2, -0.15) is 0 Å². The summed E-state index contributed by atoms with van der Waals surface area (Å²) in [5, 5.41) is 6.44. The lowest BCUT2D eigenvalue weighted by Gasteiger charge is -2.20. The first-order chi connectivity index (χ1) is 10.8. The van der Waals surface area contributed by atoms with Gasteiger partial charge >= 0.3 is 6.09 Å². The van der Waals surface area contributed by atoms with Crippen molar-refractivity contribution in [3.63, 3.8) is 0 Å². The quantitative estimate of drug-likeness (QED) is 0.843. The summed E-state index contributed by atoms with van der Waals surface area (Å²) in [5.41, 5.74) is 0.670. The summed E-state index contributed by atoms with van der Waals surface area (Å²) in [6, 6.07) is 8.61.